The van der Waals surface area contributed by atoms with E-state index in [1.54, 1.807) is 11.1 Å². The highest BCUT2D eigenvalue weighted by atomic mass is 16.5. The van der Waals surface area contributed by atoms with Crippen LogP contribution in [-0.4, -0.2) is 41.8 Å². The van der Waals surface area contributed by atoms with Crippen LogP contribution < -0.4 is 0 Å². The van der Waals surface area contributed by atoms with Crippen LogP contribution in [0.1, 0.15) is 60.4 Å². The van der Waals surface area contributed by atoms with Crippen molar-refractivity contribution in [2.75, 3.05) is 19.7 Å². The Hall–Kier alpha value is -2.17. The Labute approximate surface area is 179 Å². The Balaban J connectivity index is 1.19. The molecular weight excluding hydrogens is 374 g/mol. The standard InChI is InChI=1S/C26H33NO3/c28-26(29)25(22-10-2-1-3-11-22)27-16-15-24(19-27)30-17-7-6-8-20-13-14-21-9-4-5-12-23(21)18-20/h1-3,10-11,13-14,18,24-25H,4-9,12,15-17,19H2,(H,28,29)/t24-,25+/m1/s1. The van der Waals surface area contributed by atoms with Crippen LogP contribution in [0, 0.1) is 0 Å². The molecule has 0 bridgehead atoms. The molecule has 1 aliphatic carbocycles. The lowest BCUT2D eigenvalue weighted by molar-refractivity contribution is -0.143. The third-order valence-corrected chi connectivity index (χ3v) is 6.52. The van der Waals surface area contributed by atoms with Crippen molar-refractivity contribution in [1.29, 1.82) is 0 Å². The second kappa shape index (κ2) is 10.2. The summed E-state index contributed by atoms with van der Waals surface area (Å²) in [7, 11) is 0. The summed E-state index contributed by atoms with van der Waals surface area (Å²) in [5, 5.41) is 9.72. The summed E-state index contributed by atoms with van der Waals surface area (Å²) < 4.78 is 6.09. The van der Waals surface area contributed by atoms with Crippen molar-refractivity contribution >= 4 is 5.97 Å². The Morgan fingerprint density at radius 1 is 1.07 bits per heavy atom. The number of carbonyl (C=O) groups is 1. The molecule has 1 N–H and O–H groups in total. The molecule has 4 rings (SSSR count). The van der Waals surface area contributed by atoms with Gasteiger partial charge in [0.05, 0.1) is 6.10 Å². The number of hydrogen-bond donors (Lipinski definition) is 1. The highest BCUT2D eigenvalue weighted by Crippen LogP contribution is 2.27. The Morgan fingerprint density at radius 3 is 2.67 bits per heavy atom. The van der Waals surface area contributed by atoms with Crippen LogP contribution in [0.5, 0.6) is 0 Å². The minimum absolute atomic E-state index is 0.138. The molecule has 0 amide bonds. The molecule has 1 heterocycles. The van der Waals surface area contributed by atoms with Gasteiger partial charge in [0.1, 0.15) is 6.04 Å². The van der Waals surface area contributed by atoms with Crippen molar-refractivity contribution in [3.05, 3.63) is 70.8 Å². The van der Waals surface area contributed by atoms with Gasteiger partial charge in [0.2, 0.25) is 0 Å². The Morgan fingerprint density at radius 2 is 1.87 bits per heavy atom. The number of aryl methyl sites for hydroxylation is 3. The third-order valence-electron chi connectivity index (χ3n) is 6.52. The number of carboxylic acids is 1. The lowest BCUT2D eigenvalue weighted by atomic mass is 9.89. The van der Waals surface area contributed by atoms with Gasteiger partial charge in [-0.05, 0) is 73.6 Å². The number of likely N-dealkylation sites (tertiary alicyclic amines) is 1. The summed E-state index contributed by atoms with van der Waals surface area (Å²) in [6, 6.07) is 16.0. The number of rotatable bonds is 9. The number of nitrogens with zero attached hydrogens (tertiary/aromatic N) is 1. The molecule has 2 aromatic carbocycles. The first-order valence-corrected chi connectivity index (χ1v) is 11.4. The maximum absolute atomic E-state index is 11.8. The summed E-state index contributed by atoms with van der Waals surface area (Å²) in [4.78, 5) is 13.9. The summed E-state index contributed by atoms with van der Waals surface area (Å²) in [5.41, 5.74) is 5.41. The van der Waals surface area contributed by atoms with Gasteiger partial charge in [0.15, 0.2) is 0 Å². The highest BCUT2D eigenvalue weighted by molar-refractivity contribution is 5.75. The number of ether oxygens (including phenoxy) is 1. The largest absolute Gasteiger partial charge is 0.480 e. The Bertz CT molecular complexity index is 835. The normalized spacial score (nSPS) is 20.1. The van der Waals surface area contributed by atoms with E-state index in [2.05, 4.69) is 18.2 Å². The van der Waals surface area contributed by atoms with E-state index in [0.29, 0.717) is 6.54 Å². The average Bonchev–Trinajstić information content (AvgIpc) is 3.22. The minimum atomic E-state index is -0.785. The van der Waals surface area contributed by atoms with Crippen LogP contribution in [0.4, 0.5) is 0 Å². The molecule has 0 aromatic heterocycles. The van der Waals surface area contributed by atoms with Gasteiger partial charge >= 0.3 is 5.97 Å². The molecule has 4 nitrogen and oxygen atoms in total. The lowest BCUT2D eigenvalue weighted by Gasteiger charge is -2.24. The number of carboxylic acid groups (broad SMARTS) is 1. The summed E-state index contributed by atoms with van der Waals surface area (Å²) in [6.45, 7) is 2.22. The molecule has 160 valence electrons. The first-order chi connectivity index (χ1) is 14.7. The fourth-order valence-corrected chi connectivity index (χ4v) is 4.89. The van der Waals surface area contributed by atoms with E-state index in [1.807, 2.05) is 35.2 Å². The topological polar surface area (TPSA) is 49.8 Å². The van der Waals surface area contributed by atoms with E-state index >= 15 is 0 Å². The fraction of sp³-hybridized carbons (Fsp3) is 0.500. The molecule has 0 radical (unpaired) electrons. The number of hydrogen-bond acceptors (Lipinski definition) is 3. The van der Waals surface area contributed by atoms with E-state index in [4.69, 9.17) is 4.74 Å². The molecule has 0 unspecified atom stereocenters. The maximum atomic E-state index is 11.8. The predicted octanol–water partition coefficient (Wildman–Crippen LogP) is 4.80. The third kappa shape index (κ3) is 5.30. The summed E-state index contributed by atoms with van der Waals surface area (Å²) in [5.74, 6) is -0.785. The van der Waals surface area contributed by atoms with E-state index in [0.717, 1.165) is 44.4 Å². The first kappa shape index (κ1) is 21.1. The second-order valence-electron chi connectivity index (χ2n) is 8.70. The smallest absolute Gasteiger partial charge is 0.325 e. The van der Waals surface area contributed by atoms with Gasteiger partial charge in [-0.25, -0.2) is 0 Å². The second-order valence-corrected chi connectivity index (χ2v) is 8.70. The number of aliphatic carboxylic acids is 1. The van der Waals surface area contributed by atoms with Crippen molar-refractivity contribution < 1.29 is 14.6 Å². The molecule has 1 saturated heterocycles. The van der Waals surface area contributed by atoms with Crippen LogP contribution in [-0.2, 0) is 28.8 Å². The van der Waals surface area contributed by atoms with Crippen LogP contribution in [0.25, 0.3) is 0 Å². The Kier molecular flexibility index (Phi) is 7.19. The molecule has 2 aromatic rings. The van der Waals surface area contributed by atoms with Crippen molar-refractivity contribution in [1.82, 2.24) is 4.90 Å². The summed E-state index contributed by atoms with van der Waals surface area (Å²) >= 11 is 0. The quantitative estimate of drug-likeness (QED) is 0.607. The lowest BCUT2D eigenvalue weighted by Crippen LogP contribution is -2.33. The van der Waals surface area contributed by atoms with E-state index < -0.39 is 12.0 Å². The van der Waals surface area contributed by atoms with Crippen LogP contribution in [0.3, 0.4) is 0 Å². The molecule has 2 aliphatic rings. The van der Waals surface area contributed by atoms with Crippen molar-refractivity contribution in [3.63, 3.8) is 0 Å². The SMILES string of the molecule is O=C(O)[C@H](c1ccccc1)N1CC[C@@H](OCCCCc2ccc3c(c2)CCCC3)C1. The summed E-state index contributed by atoms with van der Waals surface area (Å²) in [6.07, 6.45) is 9.49. The number of unbranched alkanes of at least 4 members (excludes halogenated alkanes) is 1. The minimum Gasteiger partial charge on any atom is -0.480 e. The maximum Gasteiger partial charge on any atom is 0.325 e. The fourth-order valence-electron chi connectivity index (χ4n) is 4.89. The van der Waals surface area contributed by atoms with Gasteiger partial charge in [0, 0.05) is 19.7 Å². The zero-order valence-electron chi connectivity index (χ0n) is 17.8. The van der Waals surface area contributed by atoms with Crippen molar-refractivity contribution in [3.8, 4) is 0 Å². The first-order valence-electron chi connectivity index (χ1n) is 11.4. The predicted molar refractivity (Wildman–Crippen MR) is 119 cm³/mol. The van der Waals surface area contributed by atoms with E-state index in [9.17, 15) is 9.90 Å². The molecular formula is C26H33NO3. The molecule has 4 heteroatoms. The molecule has 0 saturated carbocycles. The number of benzene rings is 2. The van der Waals surface area contributed by atoms with Crippen LogP contribution in [0.15, 0.2) is 48.5 Å². The van der Waals surface area contributed by atoms with Gasteiger partial charge in [0.25, 0.3) is 0 Å². The van der Waals surface area contributed by atoms with Crippen LogP contribution in [0.2, 0.25) is 0 Å². The average molecular weight is 408 g/mol. The number of fused-ring (bicyclic) bond motifs is 1. The molecule has 1 fully saturated rings. The van der Waals surface area contributed by atoms with Gasteiger partial charge in [-0.15, -0.1) is 0 Å². The van der Waals surface area contributed by atoms with Gasteiger partial charge in [-0.1, -0.05) is 48.5 Å². The van der Waals surface area contributed by atoms with E-state index in [1.165, 1.54) is 31.2 Å². The van der Waals surface area contributed by atoms with Crippen molar-refractivity contribution in [2.45, 2.75) is 63.5 Å². The monoisotopic (exact) mass is 407 g/mol. The van der Waals surface area contributed by atoms with Gasteiger partial charge < -0.3 is 9.84 Å². The van der Waals surface area contributed by atoms with Gasteiger partial charge in [-0.2, -0.15) is 0 Å². The van der Waals surface area contributed by atoms with Gasteiger partial charge in [-0.3, -0.25) is 9.69 Å². The van der Waals surface area contributed by atoms with Crippen molar-refractivity contribution in [2.24, 2.45) is 0 Å². The van der Waals surface area contributed by atoms with E-state index in [-0.39, 0.29) is 6.10 Å². The molecule has 2 atom stereocenters. The molecule has 30 heavy (non-hydrogen) atoms. The zero-order valence-corrected chi connectivity index (χ0v) is 17.8. The zero-order chi connectivity index (χ0) is 20.8. The highest BCUT2D eigenvalue weighted by Gasteiger charge is 2.33. The molecule has 1 aliphatic heterocycles. The molecule has 0 spiro atoms. The van der Waals surface area contributed by atoms with Crippen LogP contribution >= 0.6 is 0 Å².